The molecule has 5 nitrogen and oxygen atoms in total. The van der Waals surface area contributed by atoms with Gasteiger partial charge >= 0.3 is 16.3 Å². The van der Waals surface area contributed by atoms with E-state index in [1.807, 2.05) is 12.1 Å². The topological polar surface area (TPSA) is 72.8 Å². The molecule has 0 radical (unpaired) electrons. The van der Waals surface area contributed by atoms with Crippen LogP contribution in [0.5, 0.6) is 17.2 Å². The zero-order chi connectivity index (χ0) is 21.1. The Morgan fingerprint density at radius 3 is 2.52 bits per heavy atom. The van der Waals surface area contributed by atoms with Crippen molar-refractivity contribution in [2.75, 3.05) is 12.4 Å². The van der Waals surface area contributed by atoms with Gasteiger partial charge in [0.1, 0.15) is 17.2 Å². The van der Waals surface area contributed by atoms with Crippen LogP contribution in [0.1, 0.15) is 24.0 Å². The molecule has 0 amide bonds. The van der Waals surface area contributed by atoms with Crippen LogP contribution in [-0.4, -0.2) is 32.1 Å². The molecular formula is C20H19F3O5S. The van der Waals surface area contributed by atoms with Gasteiger partial charge in [-0.25, -0.2) is 0 Å². The first-order chi connectivity index (χ1) is 13.6. The van der Waals surface area contributed by atoms with Crippen molar-refractivity contribution < 1.29 is 35.6 Å². The highest BCUT2D eigenvalue weighted by Gasteiger charge is 2.28. The number of benzene rings is 2. The molecule has 1 aliphatic rings. The van der Waals surface area contributed by atoms with E-state index in [0.717, 1.165) is 16.7 Å². The summed E-state index contributed by atoms with van der Waals surface area (Å²) in [5.74, 6) is 0.0989. The van der Waals surface area contributed by atoms with Crippen LogP contribution in [0.25, 0.3) is 6.08 Å². The highest BCUT2D eigenvalue weighted by atomic mass is 32.2. The lowest BCUT2D eigenvalue weighted by Gasteiger charge is -2.12. The van der Waals surface area contributed by atoms with Crippen LogP contribution in [0, 0.1) is 0 Å². The van der Waals surface area contributed by atoms with Gasteiger partial charge in [-0.15, -0.1) is 0 Å². The Balaban J connectivity index is 1.68. The summed E-state index contributed by atoms with van der Waals surface area (Å²) in [5.41, 5.74) is 2.70. The van der Waals surface area contributed by atoms with E-state index in [1.165, 1.54) is 18.2 Å². The minimum absolute atomic E-state index is 0.0451. The number of aliphatic hydroxyl groups is 1. The molecule has 0 atom stereocenters. The molecule has 0 aliphatic heterocycles. The smallest absolute Gasteiger partial charge is 0.389 e. The van der Waals surface area contributed by atoms with Crippen molar-refractivity contribution in [1.82, 2.24) is 0 Å². The van der Waals surface area contributed by atoms with Gasteiger partial charge in [0, 0.05) is 24.5 Å². The van der Waals surface area contributed by atoms with Crippen molar-refractivity contribution >= 4 is 16.2 Å². The highest BCUT2D eigenvalue weighted by Crippen LogP contribution is 2.35. The molecule has 2 aromatic carbocycles. The van der Waals surface area contributed by atoms with Crippen molar-refractivity contribution in [3.05, 3.63) is 59.2 Å². The Morgan fingerprint density at radius 2 is 1.79 bits per heavy atom. The highest BCUT2D eigenvalue weighted by molar-refractivity contribution is 7.87. The van der Waals surface area contributed by atoms with Gasteiger partial charge in [0.2, 0.25) is 0 Å². The van der Waals surface area contributed by atoms with Crippen molar-refractivity contribution in [3.8, 4) is 17.2 Å². The average molecular weight is 428 g/mol. The maximum Gasteiger partial charge on any atom is 0.389 e. The summed E-state index contributed by atoms with van der Waals surface area (Å²) in [6.07, 6.45) is -3.74. The van der Waals surface area contributed by atoms with E-state index in [1.54, 1.807) is 18.2 Å². The molecule has 0 aromatic heterocycles. The number of ether oxygens (including phenoxy) is 1. The zero-order valence-electron chi connectivity index (χ0n) is 15.3. The van der Waals surface area contributed by atoms with Crippen molar-refractivity contribution in [2.45, 2.75) is 25.4 Å². The van der Waals surface area contributed by atoms with Crippen LogP contribution in [0.2, 0.25) is 0 Å². The fraction of sp³-hybridized carbons (Fsp3) is 0.300. The van der Waals surface area contributed by atoms with E-state index in [-0.39, 0.29) is 12.4 Å². The molecule has 0 bridgehead atoms. The molecule has 0 heterocycles. The zero-order valence-corrected chi connectivity index (χ0v) is 16.1. The number of aliphatic hydroxyl groups excluding tert-OH is 1. The molecule has 9 heteroatoms. The van der Waals surface area contributed by atoms with Crippen molar-refractivity contribution in [3.63, 3.8) is 0 Å². The molecule has 0 unspecified atom stereocenters. The Morgan fingerprint density at radius 1 is 1.07 bits per heavy atom. The van der Waals surface area contributed by atoms with Gasteiger partial charge in [-0.2, -0.15) is 21.6 Å². The van der Waals surface area contributed by atoms with Gasteiger partial charge in [0.25, 0.3) is 0 Å². The van der Waals surface area contributed by atoms with E-state index in [9.17, 15) is 26.7 Å². The van der Waals surface area contributed by atoms with Gasteiger partial charge < -0.3 is 14.0 Å². The molecule has 2 aromatic rings. The monoisotopic (exact) mass is 428 g/mol. The Hall–Kier alpha value is -2.52. The number of hydrogen-bond donors (Lipinski definition) is 1. The van der Waals surface area contributed by atoms with Gasteiger partial charge in [0.05, 0.1) is 12.4 Å². The predicted molar refractivity (Wildman–Crippen MR) is 101 cm³/mol. The van der Waals surface area contributed by atoms with Crippen molar-refractivity contribution in [1.29, 1.82) is 0 Å². The van der Waals surface area contributed by atoms with Gasteiger partial charge in [-0.05, 0) is 35.8 Å². The summed E-state index contributed by atoms with van der Waals surface area (Å²) in [6, 6.07) is 11.3. The largest absolute Gasteiger partial charge is 0.457 e. The predicted octanol–water partition coefficient (Wildman–Crippen LogP) is 4.46. The second kappa shape index (κ2) is 8.46. The number of fused-ring (bicyclic) bond motifs is 1. The minimum atomic E-state index is -4.41. The lowest BCUT2D eigenvalue weighted by molar-refractivity contribution is -0.134. The van der Waals surface area contributed by atoms with E-state index in [2.05, 4.69) is 0 Å². The molecule has 29 heavy (non-hydrogen) atoms. The maximum atomic E-state index is 12.2. The third-order valence-electron chi connectivity index (χ3n) is 4.25. The van der Waals surface area contributed by atoms with Crippen LogP contribution in [0.3, 0.4) is 0 Å². The average Bonchev–Trinajstić information content (AvgIpc) is 3.05. The van der Waals surface area contributed by atoms with E-state index in [0.29, 0.717) is 17.9 Å². The number of alkyl halides is 3. The first-order valence-electron chi connectivity index (χ1n) is 8.84. The van der Waals surface area contributed by atoms with Gasteiger partial charge in [-0.3, -0.25) is 0 Å². The van der Waals surface area contributed by atoms with E-state index >= 15 is 0 Å². The van der Waals surface area contributed by atoms with Crippen LogP contribution in [-0.2, 0) is 16.5 Å². The molecule has 156 valence electrons. The summed E-state index contributed by atoms with van der Waals surface area (Å²) in [5, 5.41) is 9.32. The Bertz CT molecular complexity index is 1010. The molecule has 3 rings (SSSR count). The summed E-state index contributed by atoms with van der Waals surface area (Å²) in [6.45, 7) is -0.0519. The molecule has 0 spiro atoms. The molecule has 1 aliphatic carbocycles. The fourth-order valence-corrected chi connectivity index (χ4v) is 3.93. The van der Waals surface area contributed by atoms with Gasteiger partial charge in [0.15, 0.2) is 0 Å². The second-order valence-electron chi connectivity index (χ2n) is 6.60. The SMILES string of the molecule is O=S(=O)(CCCC(F)(F)F)Oc1cccc(Oc2cccc3c2CC(CO)=C3)c1. The second-order valence-corrected chi connectivity index (χ2v) is 8.29. The first kappa shape index (κ1) is 21.2. The normalized spacial score (nSPS) is 13.7. The molecule has 0 saturated carbocycles. The summed E-state index contributed by atoms with van der Waals surface area (Å²) in [4.78, 5) is 0. The first-order valence-corrected chi connectivity index (χ1v) is 10.4. The fourth-order valence-electron chi connectivity index (χ4n) is 2.96. The number of halogens is 3. The molecule has 0 saturated heterocycles. The lowest BCUT2D eigenvalue weighted by Crippen LogP contribution is -2.16. The molecule has 1 N–H and O–H groups in total. The Kier molecular flexibility index (Phi) is 6.18. The summed E-state index contributed by atoms with van der Waals surface area (Å²) in [7, 11) is -4.16. The van der Waals surface area contributed by atoms with E-state index in [4.69, 9.17) is 8.92 Å². The maximum absolute atomic E-state index is 12.2. The quantitative estimate of drug-likeness (QED) is 0.629. The minimum Gasteiger partial charge on any atom is -0.457 e. The Labute approximate surface area is 166 Å². The molecular weight excluding hydrogens is 409 g/mol. The third-order valence-corrected chi connectivity index (χ3v) is 5.48. The lowest BCUT2D eigenvalue weighted by atomic mass is 10.1. The molecule has 0 fully saturated rings. The third kappa shape index (κ3) is 5.98. The van der Waals surface area contributed by atoms with Crippen molar-refractivity contribution in [2.24, 2.45) is 0 Å². The standard InChI is InChI=1S/C20H19F3O5S/c21-20(22,23)8-3-9-29(25,26)28-17-6-2-5-16(12-17)27-19-7-1-4-15-10-14(13-24)11-18(15)19/h1-2,4-7,10,12,24H,3,8-9,11,13H2. The number of hydrogen-bond acceptors (Lipinski definition) is 5. The van der Waals surface area contributed by atoms with E-state index < -0.39 is 34.9 Å². The summed E-state index contributed by atoms with van der Waals surface area (Å²) < 4.78 is 71.2. The van der Waals surface area contributed by atoms with Gasteiger partial charge in [-0.1, -0.05) is 24.3 Å². The van der Waals surface area contributed by atoms with Crippen LogP contribution < -0.4 is 8.92 Å². The number of rotatable bonds is 8. The van der Waals surface area contributed by atoms with Crippen LogP contribution in [0.4, 0.5) is 13.2 Å². The summed E-state index contributed by atoms with van der Waals surface area (Å²) >= 11 is 0. The van der Waals surface area contributed by atoms with Crippen LogP contribution >= 0.6 is 0 Å². The van der Waals surface area contributed by atoms with Crippen LogP contribution in [0.15, 0.2) is 48.0 Å².